The van der Waals surface area contributed by atoms with Crippen molar-refractivity contribution in [2.24, 2.45) is 5.84 Å². The number of nitrogens with two attached hydrogens (primary N) is 1. The number of benzene rings is 1. The summed E-state index contributed by atoms with van der Waals surface area (Å²) >= 11 is 0. The van der Waals surface area contributed by atoms with Gasteiger partial charge in [0.25, 0.3) is 0 Å². The van der Waals surface area contributed by atoms with Crippen molar-refractivity contribution in [2.45, 2.75) is 64.0 Å². The van der Waals surface area contributed by atoms with Crippen LogP contribution >= 0.6 is 0 Å². The number of ether oxygens (including phenoxy) is 1. The molecule has 1 fully saturated rings. The highest BCUT2D eigenvalue weighted by atomic mass is 16.5. The largest absolute Gasteiger partial charge is 0.378 e. The van der Waals surface area contributed by atoms with E-state index in [1.807, 2.05) is 0 Å². The molecule has 20 heavy (non-hydrogen) atoms. The lowest BCUT2D eigenvalue weighted by Crippen LogP contribution is -2.39. The van der Waals surface area contributed by atoms with Crippen LogP contribution in [0, 0.1) is 0 Å². The van der Waals surface area contributed by atoms with Crippen LogP contribution in [0.3, 0.4) is 0 Å². The molecule has 1 saturated heterocycles. The number of rotatable bonds is 5. The molecule has 0 spiro atoms. The first-order chi connectivity index (χ1) is 9.49. The standard InChI is InChI=1S/C17H28N2O/c1-17(2,3)14-8-6-13(7-9-14)11-15(19-18)12-16-5-4-10-20-16/h6-9,15-16,19H,4-5,10-12,18H2,1-3H3. The summed E-state index contributed by atoms with van der Waals surface area (Å²) < 4.78 is 5.69. The van der Waals surface area contributed by atoms with Crippen LogP contribution in [0.15, 0.2) is 24.3 Å². The Hall–Kier alpha value is -0.900. The third-order valence-electron chi connectivity index (χ3n) is 4.11. The van der Waals surface area contributed by atoms with Crippen molar-refractivity contribution >= 4 is 0 Å². The fraction of sp³-hybridized carbons (Fsp3) is 0.647. The zero-order valence-electron chi connectivity index (χ0n) is 13.0. The van der Waals surface area contributed by atoms with Crippen LogP contribution < -0.4 is 11.3 Å². The van der Waals surface area contributed by atoms with Crippen molar-refractivity contribution in [1.29, 1.82) is 0 Å². The Morgan fingerprint density at radius 1 is 1.30 bits per heavy atom. The molecule has 0 saturated carbocycles. The predicted molar refractivity (Wildman–Crippen MR) is 83.5 cm³/mol. The van der Waals surface area contributed by atoms with E-state index in [-0.39, 0.29) is 5.41 Å². The summed E-state index contributed by atoms with van der Waals surface area (Å²) in [4.78, 5) is 0. The molecule has 3 heteroatoms. The van der Waals surface area contributed by atoms with Gasteiger partial charge in [-0.25, -0.2) is 0 Å². The van der Waals surface area contributed by atoms with Crippen molar-refractivity contribution in [3.63, 3.8) is 0 Å². The van der Waals surface area contributed by atoms with Gasteiger partial charge in [-0.05, 0) is 42.2 Å². The molecule has 1 heterocycles. The maximum Gasteiger partial charge on any atom is 0.0591 e. The summed E-state index contributed by atoms with van der Waals surface area (Å²) in [5, 5.41) is 0. The van der Waals surface area contributed by atoms with Crippen LogP contribution in [0.4, 0.5) is 0 Å². The Labute approximate surface area is 122 Å². The van der Waals surface area contributed by atoms with Crippen LogP contribution in [0.2, 0.25) is 0 Å². The molecule has 3 N–H and O–H groups in total. The van der Waals surface area contributed by atoms with Crippen LogP contribution in [0.5, 0.6) is 0 Å². The van der Waals surface area contributed by atoms with E-state index >= 15 is 0 Å². The fourth-order valence-electron chi connectivity index (χ4n) is 2.78. The second kappa shape index (κ2) is 6.70. The molecule has 2 atom stereocenters. The maximum absolute atomic E-state index is 5.69. The van der Waals surface area contributed by atoms with E-state index < -0.39 is 0 Å². The van der Waals surface area contributed by atoms with Gasteiger partial charge in [0.2, 0.25) is 0 Å². The molecule has 0 aliphatic carbocycles. The Kier molecular flexibility index (Phi) is 5.19. The first-order valence-corrected chi connectivity index (χ1v) is 7.66. The van der Waals surface area contributed by atoms with Crippen molar-refractivity contribution in [3.05, 3.63) is 35.4 Å². The van der Waals surface area contributed by atoms with E-state index in [1.165, 1.54) is 24.0 Å². The Morgan fingerprint density at radius 2 is 2.00 bits per heavy atom. The lowest BCUT2D eigenvalue weighted by molar-refractivity contribution is 0.0946. The van der Waals surface area contributed by atoms with Gasteiger partial charge in [0.15, 0.2) is 0 Å². The highest BCUT2D eigenvalue weighted by Gasteiger charge is 2.20. The van der Waals surface area contributed by atoms with E-state index in [2.05, 4.69) is 50.5 Å². The molecule has 2 unspecified atom stereocenters. The molecule has 0 amide bonds. The summed E-state index contributed by atoms with van der Waals surface area (Å²) in [7, 11) is 0. The number of nitrogens with one attached hydrogen (secondary N) is 1. The smallest absolute Gasteiger partial charge is 0.0591 e. The summed E-state index contributed by atoms with van der Waals surface area (Å²) in [6.45, 7) is 7.62. The SMILES string of the molecule is CC(C)(C)c1ccc(CC(CC2CCCO2)NN)cc1. The van der Waals surface area contributed by atoms with Gasteiger partial charge in [0, 0.05) is 12.6 Å². The molecule has 1 aliphatic heterocycles. The van der Waals surface area contributed by atoms with Crippen LogP contribution in [-0.2, 0) is 16.6 Å². The molecule has 1 aliphatic rings. The number of hydrogen-bond donors (Lipinski definition) is 2. The second-order valence-corrected chi connectivity index (χ2v) is 6.89. The summed E-state index contributed by atoms with van der Waals surface area (Å²) in [6, 6.07) is 9.20. The second-order valence-electron chi connectivity index (χ2n) is 6.89. The molecular weight excluding hydrogens is 248 g/mol. The molecule has 0 bridgehead atoms. The van der Waals surface area contributed by atoms with Crippen molar-refractivity contribution in [3.8, 4) is 0 Å². The average Bonchev–Trinajstić information content (AvgIpc) is 2.90. The maximum atomic E-state index is 5.69. The molecule has 1 aromatic rings. The zero-order chi connectivity index (χ0) is 14.6. The van der Waals surface area contributed by atoms with Gasteiger partial charge in [0.05, 0.1) is 6.10 Å². The first kappa shape index (κ1) is 15.5. The molecule has 3 nitrogen and oxygen atoms in total. The molecule has 1 aromatic carbocycles. The van der Waals surface area contributed by atoms with Gasteiger partial charge < -0.3 is 4.74 Å². The van der Waals surface area contributed by atoms with Crippen molar-refractivity contribution < 1.29 is 4.74 Å². The topological polar surface area (TPSA) is 47.3 Å². The van der Waals surface area contributed by atoms with E-state index in [4.69, 9.17) is 10.6 Å². The van der Waals surface area contributed by atoms with Crippen LogP contribution in [-0.4, -0.2) is 18.8 Å². The molecule has 112 valence electrons. The Bertz CT molecular complexity index is 402. The Balaban J connectivity index is 1.93. The van der Waals surface area contributed by atoms with Gasteiger partial charge >= 0.3 is 0 Å². The van der Waals surface area contributed by atoms with Crippen LogP contribution in [0.1, 0.15) is 51.2 Å². The normalized spacial score (nSPS) is 21.1. The first-order valence-electron chi connectivity index (χ1n) is 7.66. The monoisotopic (exact) mass is 276 g/mol. The summed E-state index contributed by atoms with van der Waals surface area (Å²) in [6.07, 6.45) is 4.69. The van der Waals surface area contributed by atoms with Crippen molar-refractivity contribution in [1.82, 2.24) is 5.43 Å². The molecule has 0 aromatic heterocycles. The van der Waals surface area contributed by atoms with Crippen LogP contribution in [0.25, 0.3) is 0 Å². The lowest BCUT2D eigenvalue weighted by atomic mass is 9.86. The van der Waals surface area contributed by atoms with Gasteiger partial charge in [-0.2, -0.15) is 0 Å². The Morgan fingerprint density at radius 3 is 2.50 bits per heavy atom. The van der Waals surface area contributed by atoms with E-state index in [1.54, 1.807) is 0 Å². The van der Waals surface area contributed by atoms with E-state index in [0.29, 0.717) is 12.1 Å². The highest BCUT2D eigenvalue weighted by Crippen LogP contribution is 2.23. The number of hydrazine groups is 1. The highest BCUT2D eigenvalue weighted by molar-refractivity contribution is 5.28. The van der Waals surface area contributed by atoms with Gasteiger partial charge in [-0.1, -0.05) is 45.0 Å². The molecular formula is C17H28N2O. The third kappa shape index (κ3) is 4.30. The minimum absolute atomic E-state index is 0.210. The predicted octanol–water partition coefficient (Wildman–Crippen LogP) is 2.93. The lowest BCUT2D eigenvalue weighted by Gasteiger charge is -2.21. The van der Waals surface area contributed by atoms with E-state index in [0.717, 1.165) is 19.4 Å². The molecule has 2 rings (SSSR count). The minimum atomic E-state index is 0.210. The average molecular weight is 276 g/mol. The minimum Gasteiger partial charge on any atom is -0.378 e. The third-order valence-corrected chi connectivity index (χ3v) is 4.11. The molecule has 0 radical (unpaired) electrons. The summed E-state index contributed by atoms with van der Waals surface area (Å²) in [5.41, 5.74) is 5.86. The van der Waals surface area contributed by atoms with E-state index in [9.17, 15) is 0 Å². The quantitative estimate of drug-likeness (QED) is 0.642. The van der Waals surface area contributed by atoms with Gasteiger partial charge in [-0.3, -0.25) is 11.3 Å². The van der Waals surface area contributed by atoms with Crippen molar-refractivity contribution in [2.75, 3.05) is 6.61 Å². The summed E-state index contributed by atoms with van der Waals surface area (Å²) in [5.74, 6) is 5.69. The van der Waals surface area contributed by atoms with Gasteiger partial charge in [0.1, 0.15) is 0 Å². The fourth-order valence-corrected chi connectivity index (χ4v) is 2.78. The zero-order valence-corrected chi connectivity index (χ0v) is 13.0. The van der Waals surface area contributed by atoms with Gasteiger partial charge in [-0.15, -0.1) is 0 Å². The number of hydrogen-bond acceptors (Lipinski definition) is 3.